The molecule has 0 spiro atoms. The number of hydrogen-bond acceptors (Lipinski definition) is 5. The average Bonchev–Trinajstić information content (AvgIpc) is 3.23. The minimum atomic E-state index is -0.220. The molecule has 1 unspecified atom stereocenters. The fourth-order valence-electron chi connectivity index (χ4n) is 5.11. The van der Waals surface area contributed by atoms with Crippen LogP contribution in [0.3, 0.4) is 0 Å². The molecule has 1 aromatic heterocycles. The number of methoxy groups -OCH3 is 1. The second-order valence-corrected chi connectivity index (χ2v) is 9.90. The van der Waals surface area contributed by atoms with Crippen molar-refractivity contribution in [3.8, 4) is 11.5 Å². The van der Waals surface area contributed by atoms with E-state index in [9.17, 15) is 4.79 Å². The summed E-state index contributed by atoms with van der Waals surface area (Å²) in [6, 6.07) is 24.1. The van der Waals surface area contributed by atoms with Gasteiger partial charge in [0, 0.05) is 5.56 Å². The van der Waals surface area contributed by atoms with Gasteiger partial charge >= 0.3 is 0 Å². The van der Waals surface area contributed by atoms with E-state index in [4.69, 9.17) is 14.5 Å². The highest BCUT2D eigenvalue weighted by Gasteiger charge is 2.32. The topological polar surface area (TPSA) is 52.8 Å². The summed E-state index contributed by atoms with van der Waals surface area (Å²) < 4.78 is 13.6. The Balaban J connectivity index is 1.56. The van der Waals surface area contributed by atoms with Crippen LogP contribution in [0.5, 0.6) is 11.5 Å². The lowest BCUT2D eigenvalue weighted by Gasteiger charge is -2.31. The Morgan fingerprint density at radius 1 is 1.03 bits per heavy atom. The van der Waals surface area contributed by atoms with Crippen LogP contribution in [-0.2, 0) is 6.42 Å². The lowest BCUT2D eigenvalue weighted by molar-refractivity contribution is 0.340. The van der Waals surface area contributed by atoms with Crippen molar-refractivity contribution in [3.63, 3.8) is 0 Å². The van der Waals surface area contributed by atoms with Crippen molar-refractivity contribution in [1.82, 2.24) is 4.57 Å². The number of thiazole rings is 1. The molecule has 0 fully saturated rings. The molecule has 6 rings (SSSR count). The molecular weight excluding hydrogens is 468 g/mol. The monoisotopic (exact) mass is 494 g/mol. The number of allylic oxidation sites excluding steroid dienone is 1. The van der Waals surface area contributed by atoms with Crippen LogP contribution in [0.1, 0.15) is 41.6 Å². The van der Waals surface area contributed by atoms with Gasteiger partial charge in [0.15, 0.2) is 4.80 Å². The van der Waals surface area contributed by atoms with Crippen LogP contribution in [-0.4, -0.2) is 18.3 Å². The lowest BCUT2D eigenvalue weighted by Crippen LogP contribution is -2.38. The highest BCUT2D eigenvalue weighted by atomic mass is 32.1. The van der Waals surface area contributed by atoms with Crippen LogP contribution < -0.4 is 24.4 Å². The average molecular weight is 495 g/mol. The molecule has 5 nitrogen and oxygen atoms in total. The molecule has 0 saturated carbocycles. The normalized spacial score (nSPS) is 16.6. The second kappa shape index (κ2) is 9.28. The fraction of sp³-hybridized carbons (Fsp3) is 0.200. The van der Waals surface area contributed by atoms with E-state index < -0.39 is 0 Å². The van der Waals surface area contributed by atoms with Gasteiger partial charge in [0.1, 0.15) is 11.5 Å². The van der Waals surface area contributed by atoms with Crippen molar-refractivity contribution in [3.05, 3.63) is 120 Å². The number of ether oxygens (including phenoxy) is 2. The minimum Gasteiger partial charge on any atom is -0.497 e. The van der Waals surface area contributed by atoms with Gasteiger partial charge in [0.05, 0.1) is 30.0 Å². The van der Waals surface area contributed by atoms with Crippen LogP contribution in [0, 0.1) is 0 Å². The molecule has 3 aromatic carbocycles. The van der Waals surface area contributed by atoms with E-state index >= 15 is 0 Å². The van der Waals surface area contributed by atoms with Crippen molar-refractivity contribution in [1.29, 1.82) is 0 Å². The van der Waals surface area contributed by atoms with Crippen LogP contribution in [0.2, 0.25) is 0 Å². The Hall–Kier alpha value is -3.90. The summed E-state index contributed by atoms with van der Waals surface area (Å²) in [4.78, 5) is 19.7. The highest BCUT2D eigenvalue weighted by molar-refractivity contribution is 7.07. The molecule has 1 aliphatic heterocycles. The number of fused-ring (bicyclic) bond motifs is 3. The standard InChI is InChI=1S/C30H26N2O3S/c1-3-35-22-14-11-19(12-15-22)17-26-29(33)32-28(21-8-6-9-23(18-21)34-2)25-16-13-20-7-4-5-10-24(20)27(25)31-30(32)36-26/h4-12,14-15,17-18,28H,3,13,16H2,1-2H3. The number of nitrogens with zero attached hydrogens (tertiary/aromatic N) is 2. The van der Waals surface area contributed by atoms with Crippen LogP contribution >= 0.6 is 11.3 Å². The quantitative estimate of drug-likeness (QED) is 0.403. The van der Waals surface area contributed by atoms with Gasteiger partial charge in [0.2, 0.25) is 0 Å². The summed E-state index contributed by atoms with van der Waals surface area (Å²) >= 11 is 1.44. The zero-order valence-electron chi connectivity index (χ0n) is 20.2. The van der Waals surface area contributed by atoms with Crippen molar-refractivity contribution in [2.24, 2.45) is 4.99 Å². The summed E-state index contributed by atoms with van der Waals surface area (Å²) in [5.41, 5.74) is 6.61. The predicted octanol–water partition coefficient (Wildman–Crippen LogP) is 4.73. The third kappa shape index (κ3) is 3.88. The molecule has 0 bridgehead atoms. The molecular formula is C30H26N2O3S. The van der Waals surface area contributed by atoms with E-state index in [1.807, 2.05) is 60.0 Å². The SMILES string of the molecule is CCOc1ccc(C=c2sc3n(c2=O)C(c2cccc(OC)c2)C2=C(N=3)c3ccccc3CC2)cc1. The molecule has 0 saturated heterocycles. The number of aryl methyl sites for hydroxylation is 1. The smallest absolute Gasteiger partial charge is 0.271 e. The maximum atomic E-state index is 13.8. The van der Waals surface area contributed by atoms with Gasteiger partial charge in [-0.1, -0.05) is 59.9 Å². The summed E-state index contributed by atoms with van der Waals surface area (Å²) in [6.07, 6.45) is 3.74. The Morgan fingerprint density at radius 2 is 1.86 bits per heavy atom. The Bertz CT molecular complexity index is 1660. The Kier molecular flexibility index (Phi) is 5.82. The maximum absolute atomic E-state index is 13.8. The first-order valence-electron chi connectivity index (χ1n) is 12.2. The van der Waals surface area contributed by atoms with E-state index in [1.165, 1.54) is 22.5 Å². The van der Waals surface area contributed by atoms with E-state index in [2.05, 4.69) is 30.3 Å². The summed E-state index contributed by atoms with van der Waals surface area (Å²) in [7, 11) is 1.67. The third-order valence-electron chi connectivity index (χ3n) is 6.77. The van der Waals surface area contributed by atoms with Crippen LogP contribution in [0.15, 0.2) is 88.2 Å². The van der Waals surface area contributed by atoms with Crippen LogP contribution in [0.25, 0.3) is 11.8 Å². The summed E-state index contributed by atoms with van der Waals surface area (Å²) in [5, 5.41) is 0. The zero-order valence-corrected chi connectivity index (χ0v) is 21.0. The van der Waals surface area contributed by atoms with Gasteiger partial charge in [-0.25, -0.2) is 4.99 Å². The van der Waals surface area contributed by atoms with E-state index in [0.717, 1.165) is 51.5 Å². The molecule has 1 aliphatic carbocycles. The van der Waals surface area contributed by atoms with Crippen molar-refractivity contribution < 1.29 is 9.47 Å². The largest absolute Gasteiger partial charge is 0.497 e. The fourth-order valence-corrected chi connectivity index (χ4v) is 6.11. The number of aromatic nitrogens is 1. The first-order chi connectivity index (χ1) is 17.7. The molecule has 2 heterocycles. The van der Waals surface area contributed by atoms with Crippen molar-refractivity contribution in [2.45, 2.75) is 25.8 Å². The molecule has 180 valence electrons. The molecule has 0 N–H and O–H groups in total. The molecule has 1 atom stereocenters. The van der Waals surface area contributed by atoms with Gasteiger partial charge in [-0.3, -0.25) is 9.36 Å². The second-order valence-electron chi connectivity index (χ2n) is 8.89. The predicted molar refractivity (Wildman–Crippen MR) is 143 cm³/mol. The summed E-state index contributed by atoms with van der Waals surface area (Å²) in [6.45, 7) is 2.58. The summed E-state index contributed by atoms with van der Waals surface area (Å²) in [5.74, 6) is 1.60. The first kappa shape index (κ1) is 22.6. The number of hydrogen-bond donors (Lipinski definition) is 0. The lowest BCUT2D eigenvalue weighted by atomic mass is 9.83. The first-order valence-corrected chi connectivity index (χ1v) is 13.0. The van der Waals surface area contributed by atoms with E-state index in [0.29, 0.717) is 11.1 Å². The number of rotatable bonds is 5. The zero-order chi connectivity index (χ0) is 24.6. The molecule has 0 radical (unpaired) electrons. The molecule has 0 amide bonds. The molecule has 6 heteroatoms. The maximum Gasteiger partial charge on any atom is 0.271 e. The van der Waals surface area contributed by atoms with Crippen molar-refractivity contribution in [2.75, 3.05) is 13.7 Å². The van der Waals surface area contributed by atoms with Gasteiger partial charge in [0.25, 0.3) is 5.56 Å². The van der Waals surface area contributed by atoms with Crippen LogP contribution in [0.4, 0.5) is 0 Å². The van der Waals surface area contributed by atoms with Gasteiger partial charge in [-0.2, -0.15) is 0 Å². The molecule has 4 aromatic rings. The molecule has 2 aliphatic rings. The van der Waals surface area contributed by atoms with E-state index in [-0.39, 0.29) is 11.6 Å². The third-order valence-corrected chi connectivity index (χ3v) is 7.75. The van der Waals surface area contributed by atoms with Crippen molar-refractivity contribution >= 4 is 23.1 Å². The van der Waals surface area contributed by atoms with Gasteiger partial charge < -0.3 is 9.47 Å². The van der Waals surface area contributed by atoms with Gasteiger partial charge in [-0.05, 0) is 72.4 Å². The minimum absolute atomic E-state index is 0.0223. The van der Waals surface area contributed by atoms with Gasteiger partial charge in [-0.15, -0.1) is 0 Å². The molecule has 36 heavy (non-hydrogen) atoms. The Labute approximate surface area is 213 Å². The number of benzene rings is 3. The Morgan fingerprint density at radius 3 is 2.67 bits per heavy atom. The highest BCUT2D eigenvalue weighted by Crippen LogP contribution is 2.41. The van der Waals surface area contributed by atoms with E-state index in [1.54, 1.807) is 7.11 Å².